The van der Waals surface area contributed by atoms with Crippen LogP contribution in [-0.4, -0.2) is 54.8 Å². The van der Waals surface area contributed by atoms with E-state index in [0.29, 0.717) is 0 Å². The maximum Gasteiger partial charge on any atom is 0.423 e. The van der Waals surface area contributed by atoms with Gasteiger partial charge >= 0.3 is 12.3 Å². The molecular weight excluding hydrogens is 581 g/mol. The van der Waals surface area contributed by atoms with E-state index in [9.17, 15) is 40.3 Å². The topological polar surface area (TPSA) is 135 Å². The fraction of sp³-hybridized carbons (Fsp3) is 0.320. The Morgan fingerprint density at radius 2 is 1.81 bits per heavy atom. The lowest BCUT2D eigenvalue weighted by atomic mass is 10.1. The average Bonchev–Trinajstić information content (AvgIpc) is 2.90. The number of nitrogens with zero attached hydrogens (tertiary/aromatic N) is 4. The molecule has 3 N–H and O–H groups in total. The highest BCUT2D eigenvalue weighted by Crippen LogP contribution is 2.32. The first kappa shape index (κ1) is 30.4. The van der Waals surface area contributed by atoms with Crippen molar-refractivity contribution in [3.05, 3.63) is 75.1 Å². The van der Waals surface area contributed by atoms with Gasteiger partial charge in [0.1, 0.15) is 24.2 Å². The molecular formula is C25H21F7N6O4. The van der Waals surface area contributed by atoms with Gasteiger partial charge in [-0.1, -0.05) is 0 Å². The van der Waals surface area contributed by atoms with Crippen molar-refractivity contribution in [1.29, 1.82) is 0 Å². The number of rotatable bonds is 10. The largest absolute Gasteiger partial charge is 0.428 e. The smallest absolute Gasteiger partial charge is 0.423 e. The maximum absolute atomic E-state index is 14.9. The summed E-state index contributed by atoms with van der Waals surface area (Å²) in [6, 6.07) is 2.60. The van der Waals surface area contributed by atoms with E-state index in [0.717, 1.165) is 29.2 Å². The highest BCUT2D eigenvalue weighted by Gasteiger charge is 2.37. The molecule has 17 heteroatoms. The second-order valence-electron chi connectivity index (χ2n) is 9.20. The van der Waals surface area contributed by atoms with E-state index < -0.39 is 71.6 Å². The lowest BCUT2D eigenvalue weighted by Gasteiger charge is -2.20. The minimum atomic E-state index is -4.98. The molecule has 0 aliphatic heterocycles. The van der Waals surface area contributed by atoms with Gasteiger partial charge in [-0.3, -0.25) is 9.59 Å². The summed E-state index contributed by atoms with van der Waals surface area (Å²) in [5.41, 5.74) is -4.53. The SMILES string of the molecule is C[C@@H](C[C@@H](F)Cn1ccc2cc(-c3ncc(OC(F)(F)CO)cn3)c(F)cc2c1=O)Nc1cn[nH]c(=O)c1C(F)(F)F. The molecule has 42 heavy (non-hydrogen) atoms. The van der Waals surface area contributed by atoms with Crippen LogP contribution in [0.4, 0.5) is 36.4 Å². The lowest BCUT2D eigenvalue weighted by Crippen LogP contribution is -2.30. The molecule has 0 bridgehead atoms. The van der Waals surface area contributed by atoms with Crippen LogP contribution in [0, 0.1) is 5.82 Å². The van der Waals surface area contributed by atoms with E-state index in [1.807, 2.05) is 0 Å². The Hall–Kier alpha value is -4.54. The number of fused-ring (bicyclic) bond motifs is 1. The van der Waals surface area contributed by atoms with Crippen molar-refractivity contribution in [2.75, 3.05) is 11.9 Å². The molecule has 10 nitrogen and oxygen atoms in total. The number of nitrogens with one attached hydrogen (secondary N) is 2. The number of halogens is 7. The molecule has 0 spiro atoms. The fourth-order valence-corrected chi connectivity index (χ4v) is 4.12. The zero-order valence-corrected chi connectivity index (χ0v) is 21.4. The van der Waals surface area contributed by atoms with Crippen molar-refractivity contribution in [2.24, 2.45) is 0 Å². The van der Waals surface area contributed by atoms with E-state index in [2.05, 4.69) is 25.1 Å². The number of aliphatic hydroxyl groups excluding tert-OH is 1. The zero-order chi connectivity index (χ0) is 30.8. The lowest BCUT2D eigenvalue weighted by molar-refractivity contribution is -0.201. The Bertz CT molecular complexity index is 1690. The van der Waals surface area contributed by atoms with Crippen LogP contribution in [0.3, 0.4) is 0 Å². The predicted octanol–water partition coefficient (Wildman–Crippen LogP) is 3.89. The van der Waals surface area contributed by atoms with Gasteiger partial charge in [0, 0.05) is 18.7 Å². The van der Waals surface area contributed by atoms with Crippen molar-refractivity contribution in [3.63, 3.8) is 0 Å². The summed E-state index contributed by atoms with van der Waals surface area (Å²) in [4.78, 5) is 32.1. The van der Waals surface area contributed by atoms with Crippen LogP contribution in [0.5, 0.6) is 5.75 Å². The molecule has 4 rings (SSSR count). The Kier molecular flexibility index (Phi) is 8.51. The van der Waals surface area contributed by atoms with E-state index in [4.69, 9.17) is 5.11 Å². The van der Waals surface area contributed by atoms with Crippen LogP contribution in [0.15, 0.2) is 52.6 Å². The zero-order valence-electron chi connectivity index (χ0n) is 21.4. The first-order valence-corrected chi connectivity index (χ1v) is 12.1. The summed E-state index contributed by atoms with van der Waals surface area (Å²) in [7, 11) is 0. The summed E-state index contributed by atoms with van der Waals surface area (Å²) in [5, 5.41) is 16.1. The van der Waals surface area contributed by atoms with E-state index in [1.54, 1.807) is 5.10 Å². The number of hydrogen-bond acceptors (Lipinski definition) is 8. The Labute approximate surface area is 230 Å². The number of ether oxygens (including phenoxy) is 1. The number of alkyl halides is 6. The van der Waals surface area contributed by atoms with E-state index >= 15 is 0 Å². The third-order valence-electron chi connectivity index (χ3n) is 5.93. The predicted molar refractivity (Wildman–Crippen MR) is 134 cm³/mol. The molecule has 0 unspecified atom stereocenters. The quantitative estimate of drug-likeness (QED) is 0.233. The van der Waals surface area contributed by atoms with Gasteiger partial charge in [0.15, 0.2) is 11.6 Å². The van der Waals surface area contributed by atoms with E-state index in [1.165, 1.54) is 25.3 Å². The molecule has 3 heterocycles. The van der Waals surface area contributed by atoms with Crippen LogP contribution in [0.2, 0.25) is 0 Å². The second kappa shape index (κ2) is 11.8. The fourth-order valence-electron chi connectivity index (χ4n) is 4.12. The molecule has 0 saturated carbocycles. The average molecular weight is 602 g/mol. The van der Waals surface area contributed by atoms with Crippen LogP contribution in [-0.2, 0) is 12.7 Å². The summed E-state index contributed by atoms with van der Waals surface area (Å²) < 4.78 is 101. The Balaban J connectivity index is 1.49. The second-order valence-corrected chi connectivity index (χ2v) is 9.20. The molecule has 0 fully saturated rings. The minimum Gasteiger partial charge on any atom is -0.428 e. The number of benzene rings is 1. The Morgan fingerprint density at radius 1 is 1.12 bits per heavy atom. The first-order chi connectivity index (χ1) is 19.7. The molecule has 0 radical (unpaired) electrons. The standard InChI is InChI=1S/C25H21F7N6O4/c1-12(36-19-9-35-37-22(40)20(19)25(30,31)32)4-14(26)10-38-3-2-13-5-17(18(27)6-16(13)23(38)41)21-33-7-15(8-34-21)42-24(28,29)11-39/h2-3,5-9,12,14,39H,4,10-11H2,1H3,(H2,36,37,40)/t12-,14+/m0/s1. The van der Waals surface area contributed by atoms with Crippen molar-refractivity contribution in [3.8, 4) is 17.1 Å². The van der Waals surface area contributed by atoms with Gasteiger partial charge in [0.05, 0.1) is 41.8 Å². The minimum absolute atomic E-state index is 0.121. The molecule has 1 aromatic carbocycles. The molecule has 2 atom stereocenters. The van der Waals surface area contributed by atoms with Gasteiger partial charge in [-0.15, -0.1) is 0 Å². The first-order valence-electron chi connectivity index (χ1n) is 12.1. The number of aromatic amines is 1. The van der Waals surface area contributed by atoms with Gasteiger partial charge in [-0.05, 0) is 30.5 Å². The Morgan fingerprint density at radius 3 is 2.45 bits per heavy atom. The molecule has 0 aliphatic rings. The number of pyridine rings is 1. The number of aliphatic hydroxyl groups is 1. The van der Waals surface area contributed by atoms with Gasteiger partial charge in [0.2, 0.25) is 0 Å². The van der Waals surface area contributed by atoms with Gasteiger partial charge in [-0.2, -0.15) is 27.1 Å². The summed E-state index contributed by atoms with van der Waals surface area (Å²) in [5.74, 6) is -1.64. The maximum atomic E-state index is 14.9. The van der Waals surface area contributed by atoms with Gasteiger partial charge in [0.25, 0.3) is 11.1 Å². The van der Waals surface area contributed by atoms with Crippen molar-refractivity contribution < 1.29 is 40.6 Å². The summed E-state index contributed by atoms with van der Waals surface area (Å²) >= 11 is 0. The third kappa shape index (κ3) is 6.84. The number of aromatic nitrogens is 5. The van der Waals surface area contributed by atoms with Crippen molar-refractivity contribution >= 4 is 16.5 Å². The third-order valence-corrected chi connectivity index (χ3v) is 5.93. The van der Waals surface area contributed by atoms with Gasteiger partial charge in [-0.25, -0.2) is 23.8 Å². The summed E-state index contributed by atoms with van der Waals surface area (Å²) in [6.07, 6.45) is -7.25. The van der Waals surface area contributed by atoms with Crippen LogP contribution in [0.1, 0.15) is 18.9 Å². The monoisotopic (exact) mass is 602 g/mol. The molecule has 3 aromatic heterocycles. The van der Waals surface area contributed by atoms with E-state index in [-0.39, 0.29) is 28.6 Å². The van der Waals surface area contributed by atoms with Crippen LogP contribution >= 0.6 is 0 Å². The number of anilines is 1. The van der Waals surface area contributed by atoms with Crippen LogP contribution in [0.25, 0.3) is 22.2 Å². The number of H-pyrrole nitrogens is 1. The van der Waals surface area contributed by atoms with Crippen molar-refractivity contribution in [2.45, 2.75) is 44.4 Å². The molecule has 0 saturated heterocycles. The summed E-state index contributed by atoms with van der Waals surface area (Å²) in [6.45, 7) is -0.707. The van der Waals surface area contributed by atoms with Crippen LogP contribution < -0.4 is 21.2 Å². The highest BCUT2D eigenvalue weighted by molar-refractivity contribution is 5.86. The molecule has 4 aromatic rings. The molecule has 0 amide bonds. The van der Waals surface area contributed by atoms with Gasteiger partial charge < -0.3 is 19.7 Å². The molecule has 224 valence electrons. The normalized spacial score (nSPS) is 13.6. The highest BCUT2D eigenvalue weighted by atomic mass is 19.4. The molecule has 0 aliphatic carbocycles. The number of hydrogen-bond donors (Lipinski definition) is 3. The van der Waals surface area contributed by atoms with Crippen molar-refractivity contribution in [1.82, 2.24) is 24.7 Å².